The summed E-state index contributed by atoms with van der Waals surface area (Å²) >= 11 is 2.09. The number of carbonyl (C=O) groups excluding carboxylic acids is 1. The van der Waals surface area contributed by atoms with E-state index in [-0.39, 0.29) is 11.9 Å². The van der Waals surface area contributed by atoms with E-state index >= 15 is 0 Å². The minimum absolute atomic E-state index is 0.0499. The minimum Gasteiger partial charge on any atom is -0.483 e. The molecular formula is C18H24FIN4O3. The molecule has 0 bridgehead atoms. The predicted molar refractivity (Wildman–Crippen MR) is 110 cm³/mol. The van der Waals surface area contributed by atoms with E-state index in [0.717, 1.165) is 9.78 Å². The summed E-state index contributed by atoms with van der Waals surface area (Å²) in [5.41, 5.74) is 6.53. The minimum atomic E-state index is -0.581. The molecule has 1 fully saturated rings. The van der Waals surface area contributed by atoms with Gasteiger partial charge in [0.25, 0.3) is 0 Å². The number of likely N-dealkylation sites (tertiary alicyclic amines) is 1. The fourth-order valence-corrected chi connectivity index (χ4v) is 2.36. The van der Waals surface area contributed by atoms with E-state index in [9.17, 15) is 9.18 Å². The van der Waals surface area contributed by atoms with E-state index in [2.05, 4.69) is 32.6 Å². The van der Waals surface area contributed by atoms with Crippen LogP contribution in [-0.4, -0.2) is 46.5 Å². The Labute approximate surface area is 172 Å². The highest BCUT2D eigenvalue weighted by Gasteiger charge is 2.35. The second-order valence-corrected chi connectivity index (χ2v) is 8.37. The van der Waals surface area contributed by atoms with Gasteiger partial charge in [0, 0.05) is 11.8 Å². The van der Waals surface area contributed by atoms with Gasteiger partial charge in [-0.25, -0.2) is 19.2 Å². The van der Waals surface area contributed by atoms with E-state index < -0.39 is 17.5 Å². The van der Waals surface area contributed by atoms with Gasteiger partial charge >= 0.3 is 6.09 Å². The molecule has 0 atom stereocenters. The third kappa shape index (κ3) is 6.05. The maximum atomic E-state index is 14.0. The van der Waals surface area contributed by atoms with E-state index in [4.69, 9.17) is 15.2 Å². The van der Waals surface area contributed by atoms with Gasteiger partial charge in [-0.1, -0.05) is 0 Å². The lowest BCUT2D eigenvalue weighted by Crippen LogP contribution is -2.57. The fourth-order valence-electron chi connectivity index (χ4n) is 2.24. The van der Waals surface area contributed by atoms with Crippen LogP contribution in [-0.2, 0) is 4.74 Å². The molecule has 7 nitrogen and oxygen atoms in total. The van der Waals surface area contributed by atoms with Crippen molar-refractivity contribution in [2.75, 3.05) is 13.1 Å². The molecule has 1 aliphatic rings. The quantitative estimate of drug-likeness (QED) is 0.510. The van der Waals surface area contributed by atoms with Crippen LogP contribution < -0.4 is 10.5 Å². The highest BCUT2D eigenvalue weighted by Crippen LogP contribution is 2.26. The summed E-state index contributed by atoms with van der Waals surface area (Å²) < 4.78 is 25.8. The van der Waals surface area contributed by atoms with Crippen LogP contribution >= 0.6 is 22.6 Å². The average molecular weight is 490 g/mol. The zero-order valence-electron chi connectivity index (χ0n) is 16.0. The summed E-state index contributed by atoms with van der Waals surface area (Å²) in [5, 5.41) is 0. The topological polar surface area (TPSA) is 90.0 Å². The van der Waals surface area contributed by atoms with E-state index in [1.165, 1.54) is 11.0 Å². The number of halogens is 2. The van der Waals surface area contributed by atoms with Gasteiger partial charge < -0.3 is 20.1 Å². The molecule has 9 heteroatoms. The van der Waals surface area contributed by atoms with Crippen molar-refractivity contribution >= 4 is 40.2 Å². The van der Waals surface area contributed by atoms with E-state index in [0.29, 0.717) is 30.3 Å². The van der Waals surface area contributed by atoms with Crippen LogP contribution in [0.5, 0.6) is 5.75 Å². The molecule has 1 amide bonds. The zero-order chi connectivity index (χ0) is 20.4. The first-order valence-corrected chi connectivity index (χ1v) is 9.52. The second-order valence-electron chi connectivity index (χ2n) is 7.29. The van der Waals surface area contributed by atoms with Crippen LogP contribution in [0.25, 0.3) is 0 Å². The summed E-state index contributed by atoms with van der Waals surface area (Å²) in [7, 11) is 0. The standard InChI is InChI=1S/C18H24FIN4O3/c1-10(21)16(20)11(2)23-15-6-14(13(19)7-22-15)26-12-8-24(9-12)17(25)27-18(3,4)5/h6-7,12H,8-9,21H2,1-5H3. The molecule has 27 heavy (non-hydrogen) atoms. The largest absolute Gasteiger partial charge is 0.483 e. The van der Waals surface area contributed by atoms with Crippen LogP contribution in [0.1, 0.15) is 34.6 Å². The summed E-state index contributed by atoms with van der Waals surface area (Å²) in [6.45, 7) is 9.66. The molecule has 148 valence electrons. The van der Waals surface area contributed by atoms with Gasteiger partial charge in [0.05, 0.1) is 28.6 Å². The SMILES string of the molecule is CC(=Nc1cc(OC2CN(C(=O)OC(C)(C)C)C2)c(F)cn1)C(I)=C(C)N. The van der Waals surface area contributed by atoms with Crippen LogP contribution in [0, 0.1) is 5.82 Å². The van der Waals surface area contributed by atoms with Gasteiger partial charge in [0.1, 0.15) is 11.7 Å². The van der Waals surface area contributed by atoms with Crippen molar-refractivity contribution in [2.24, 2.45) is 10.7 Å². The molecule has 0 saturated carbocycles. The number of aliphatic imine (C=N–C) groups is 1. The van der Waals surface area contributed by atoms with Crippen molar-refractivity contribution in [3.05, 3.63) is 27.4 Å². The number of nitrogens with two attached hydrogens (primary N) is 1. The van der Waals surface area contributed by atoms with Gasteiger partial charge in [0.15, 0.2) is 17.4 Å². The van der Waals surface area contributed by atoms with Crippen LogP contribution in [0.2, 0.25) is 0 Å². The smallest absolute Gasteiger partial charge is 0.410 e. The first-order valence-electron chi connectivity index (χ1n) is 8.44. The monoisotopic (exact) mass is 490 g/mol. The van der Waals surface area contributed by atoms with Crippen LogP contribution in [0.15, 0.2) is 26.5 Å². The maximum absolute atomic E-state index is 14.0. The number of rotatable bonds is 4. The molecule has 2 N–H and O–H groups in total. The maximum Gasteiger partial charge on any atom is 0.410 e. The number of aromatic nitrogens is 1. The van der Waals surface area contributed by atoms with Crippen molar-refractivity contribution in [3.8, 4) is 5.75 Å². The fraction of sp³-hybridized carbons (Fsp3) is 0.500. The van der Waals surface area contributed by atoms with Crippen molar-refractivity contribution in [1.82, 2.24) is 9.88 Å². The lowest BCUT2D eigenvalue weighted by molar-refractivity contribution is -0.0229. The first-order chi connectivity index (χ1) is 12.5. The predicted octanol–water partition coefficient (Wildman–Crippen LogP) is 3.94. The van der Waals surface area contributed by atoms with Gasteiger partial charge in [-0.3, -0.25) is 0 Å². The highest BCUT2D eigenvalue weighted by molar-refractivity contribution is 14.1. The van der Waals surface area contributed by atoms with Crippen LogP contribution in [0.4, 0.5) is 15.0 Å². The third-order valence-corrected chi connectivity index (χ3v) is 5.18. The zero-order valence-corrected chi connectivity index (χ0v) is 18.2. The molecular weight excluding hydrogens is 466 g/mol. The lowest BCUT2D eigenvalue weighted by atomic mass is 10.1. The Morgan fingerprint density at radius 2 is 2.04 bits per heavy atom. The average Bonchev–Trinajstić information content (AvgIpc) is 2.50. The number of amides is 1. The molecule has 1 aromatic rings. The molecule has 2 rings (SSSR count). The molecule has 0 aliphatic carbocycles. The number of hydrogen-bond donors (Lipinski definition) is 1. The molecule has 0 unspecified atom stereocenters. The third-order valence-electron chi connectivity index (χ3n) is 3.55. The molecule has 1 aliphatic heterocycles. The van der Waals surface area contributed by atoms with Crippen molar-refractivity contribution in [1.29, 1.82) is 0 Å². The second kappa shape index (κ2) is 8.41. The number of hydrogen-bond acceptors (Lipinski definition) is 6. The Morgan fingerprint density at radius 1 is 1.41 bits per heavy atom. The molecule has 0 spiro atoms. The van der Waals surface area contributed by atoms with Crippen molar-refractivity contribution in [3.63, 3.8) is 0 Å². The van der Waals surface area contributed by atoms with Crippen LogP contribution in [0.3, 0.4) is 0 Å². The summed E-state index contributed by atoms with van der Waals surface area (Å²) in [6, 6.07) is 1.44. The molecule has 0 aromatic carbocycles. The molecule has 2 heterocycles. The Bertz CT molecular complexity index is 779. The highest BCUT2D eigenvalue weighted by atomic mass is 127. The van der Waals surface area contributed by atoms with Crippen molar-refractivity contribution < 1.29 is 18.7 Å². The summed E-state index contributed by atoms with van der Waals surface area (Å²) in [6.07, 6.45) is 0.355. The van der Waals surface area contributed by atoms with Gasteiger partial charge in [0.2, 0.25) is 0 Å². The van der Waals surface area contributed by atoms with Gasteiger partial charge in [-0.05, 0) is 57.2 Å². The summed E-state index contributed by atoms with van der Waals surface area (Å²) in [4.78, 5) is 21.7. The number of allylic oxidation sites excluding steroid dienone is 2. The molecule has 1 aromatic heterocycles. The van der Waals surface area contributed by atoms with E-state index in [1.807, 2.05) is 0 Å². The summed E-state index contributed by atoms with van der Waals surface area (Å²) in [5.74, 6) is -0.209. The Hall–Kier alpha value is -1.91. The lowest BCUT2D eigenvalue weighted by Gasteiger charge is -2.39. The number of carbonyl (C=O) groups is 1. The van der Waals surface area contributed by atoms with Gasteiger partial charge in [-0.2, -0.15) is 0 Å². The Balaban J connectivity index is 2.02. The van der Waals surface area contributed by atoms with Gasteiger partial charge in [-0.15, -0.1) is 0 Å². The van der Waals surface area contributed by atoms with E-state index in [1.54, 1.807) is 34.6 Å². The Morgan fingerprint density at radius 3 is 2.59 bits per heavy atom. The first kappa shape index (κ1) is 21.4. The van der Waals surface area contributed by atoms with Crippen molar-refractivity contribution in [2.45, 2.75) is 46.3 Å². The number of pyridine rings is 1. The molecule has 1 saturated heterocycles. The normalized spacial score (nSPS) is 16.6. The number of nitrogens with zero attached hydrogens (tertiary/aromatic N) is 3. The number of ether oxygens (including phenoxy) is 2. The Kier molecular flexibility index (Phi) is 6.66. The molecule has 0 radical (unpaired) electrons.